The van der Waals surface area contributed by atoms with Gasteiger partial charge in [0.1, 0.15) is 11.6 Å². The lowest BCUT2D eigenvalue weighted by atomic mass is 10.0. The highest BCUT2D eigenvalue weighted by Crippen LogP contribution is 2.23. The number of para-hydroxylation sites is 2. The first-order chi connectivity index (χ1) is 15.4. The molecular formula is C27H37N3O2. The Bertz CT molecular complexity index is 1040. The maximum Gasteiger partial charge on any atom is 0.223 e. The summed E-state index contributed by atoms with van der Waals surface area (Å²) in [5.74, 6) is 2.01. The van der Waals surface area contributed by atoms with E-state index in [2.05, 4.69) is 55.8 Å². The summed E-state index contributed by atoms with van der Waals surface area (Å²) in [6, 6.07) is 14.3. The van der Waals surface area contributed by atoms with Crippen molar-refractivity contribution >= 4 is 16.9 Å². The third kappa shape index (κ3) is 5.70. The minimum absolute atomic E-state index is 0.0536. The largest absolute Gasteiger partial charge is 0.494 e. The Balaban J connectivity index is 1.64. The van der Waals surface area contributed by atoms with Crippen LogP contribution in [0.15, 0.2) is 42.5 Å². The molecule has 1 amide bonds. The number of carbonyl (C=O) groups excluding carboxylic acids is 1. The molecule has 3 rings (SSSR count). The van der Waals surface area contributed by atoms with Gasteiger partial charge in [-0.3, -0.25) is 4.79 Å². The number of amides is 1. The second-order valence-corrected chi connectivity index (χ2v) is 8.66. The van der Waals surface area contributed by atoms with Crippen LogP contribution in [0.3, 0.4) is 0 Å². The fraction of sp³-hybridized carbons (Fsp3) is 0.481. The maximum atomic E-state index is 12.6. The second kappa shape index (κ2) is 11.2. The molecule has 0 saturated heterocycles. The van der Waals surface area contributed by atoms with Gasteiger partial charge in [-0.1, -0.05) is 32.0 Å². The van der Waals surface area contributed by atoms with Gasteiger partial charge in [0, 0.05) is 12.5 Å². The first kappa shape index (κ1) is 23.8. The number of unbranched alkanes of at least 4 members (excludes halogenated alkanes) is 1. The van der Waals surface area contributed by atoms with E-state index < -0.39 is 0 Å². The summed E-state index contributed by atoms with van der Waals surface area (Å²) in [5.41, 5.74) is 4.61. The van der Waals surface area contributed by atoms with E-state index in [1.807, 2.05) is 31.2 Å². The van der Waals surface area contributed by atoms with Crippen LogP contribution in [0.2, 0.25) is 0 Å². The Labute approximate surface area is 192 Å². The van der Waals surface area contributed by atoms with E-state index in [-0.39, 0.29) is 17.9 Å². The highest BCUT2D eigenvalue weighted by molar-refractivity contribution is 5.79. The van der Waals surface area contributed by atoms with E-state index in [0.29, 0.717) is 6.61 Å². The topological polar surface area (TPSA) is 56.2 Å². The fourth-order valence-corrected chi connectivity index (χ4v) is 4.08. The smallest absolute Gasteiger partial charge is 0.223 e. The Morgan fingerprint density at radius 2 is 1.81 bits per heavy atom. The van der Waals surface area contributed by atoms with Gasteiger partial charge in [0.25, 0.3) is 0 Å². The fourth-order valence-electron chi connectivity index (χ4n) is 4.08. The van der Waals surface area contributed by atoms with E-state index in [4.69, 9.17) is 9.72 Å². The maximum absolute atomic E-state index is 12.6. The zero-order valence-corrected chi connectivity index (χ0v) is 20.1. The van der Waals surface area contributed by atoms with Gasteiger partial charge in [-0.15, -0.1) is 0 Å². The number of aromatic nitrogens is 2. The van der Waals surface area contributed by atoms with Crippen molar-refractivity contribution in [2.24, 2.45) is 5.92 Å². The molecule has 3 aromatic rings. The zero-order chi connectivity index (χ0) is 23.1. The molecule has 0 radical (unpaired) electrons. The van der Waals surface area contributed by atoms with Crippen LogP contribution in [0, 0.1) is 19.8 Å². The van der Waals surface area contributed by atoms with Gasteiger partial charge in [0.2, 0.25) is 5.91 Å². The predicted octanol–water partition coefficient (Wildman–Crippen LogP) is 6.13. The van der Waals surface area contributed by atoms with Crippen molar-refractivity contribution in [2.45, 2.75) is 72.9 Å². The van der Waals surface area contributed by atoms with Crippen molar-refractivity contribution in [3.8, 4) is 5.75 Å². The molecule has 0 saturated carbocycles. The van der Waals surface area contributed by atoms with Crippen LogP contribution in [0.5, 0.6) is 5.75 Å². The quantitative estimate of drug-likeness (QED) is 0.369. The molecule has 0 fully saturated rings. The first-order valence-electron chi connectivity index (χ1n) is 11.9. The van der Waals surface area contributed by atoms with Crippen LogP contribution in [-0.4, -0.2) is 22.1 Å². The lowest BCUT2D eigenvalue weighted by Crippen LogP contribution is -2.33. The van der Waals surface area contributed by atoms with Crippen molar-refractivity contribution in [3.63, 3.8) is 0 Å². The number of benzene rings is 2. The number of ether oxygens (including phenoxy) is 1. The molecule has 5 nitrogen and oxygen atoms in total. The molecule has 1 unspecified atom stereocenters. The van der Waals surface area contributed by atoms with Crippen LogP contribution in [0.25, 0.3) is 11.0 Å². The molecule has 1 heterocycles. The molecule has 1 atom stereocenters. The molecule has 0 spiro atoms. The number of nitrogens with one attached hydrogen (secondary N) is 1. The molecule has 0 aliphatic heterocycles. The molecule has 1 N–H and O–H groups in total. The number of nitrogens with zero attached hydrogens (tertiary/aromatic N) is 2. The molecule has 0 aliphatic rings. The monoisotopic (exact) mass is 435 g/mol. The lowest BCUT2D eigenvalue weighted by molar-refractivity contribution is -0.125. The van der Waals surface area contributed by atoms with Gasteiger partial charge in [0.05, 0.1) is 23.7 Å². The van der Waals surface area contributed by atoms with Gasteiger partial charge in [0.15, 0.2) is 0 Å². The molecule has 0 bridgehead atoms. The number of carbonyl (C=O) groups is 1. The highest BCUT2D eigenvalue weighted by Gasteiger charge is 2.21. The molecule has 2 aromatic carbocycles. The normalized spacial score (nSPS) is 12.3. The third-order valence-electron chi connectivity index (χ3n) is 6.31. The summed E-state index contributed by atoms with van der Waals surface area (Å²) >= 11 is 0. The molecule has 172 valence electrons. The summed E-state index contributed by atoms with van der Waals surface area (Å²) < 4.78 is 8.20. The minimum Gasteiger partial charge on any atom is -0.494 e. The molecule has 32 heavy (non-hydrogen) atoms. The first-order valence-corrected chi connectivity index (χ1v) is 11.9. The van der Waals surface area contributed by atoms with E-state index in [9.17, 15) is 4.79 Å². The van der Waals surface area contributed by atoms with Gasteiger partial charge >= 0.3 is 0 Å². The molecular weight excluding hydrogens is 398 g/mol. The van der Waals surface area contributed by atoms with Crippen molar-refractivity contribution in [2.75, 3.05) is 6.61 Å². The van der Waals surface area contributed by atoms with Gasteiger partial charge in [-0.2, -0.15) is 0 Å². The van der Waals surface area contributed by atoms with Crippen LogP contribution in [0.4, 0.5) is 0 Å². The van der Waals surface area contributed by atoms with Crippen LogP contribution < -0.4 is 10.1 Å². The van der Waals surface area contributed by atoms with Crippen LogP contribution in [-0.2, 0) is 11.3 Å². The summed E-state index contributed by atoms with van der Waals surface area (Å²) in [6.45, 7) is 11.9. The minimum atomic E-state index is -0.137. The SMILES string of the molecule is CCC(CC)C(=O)NC(C)c1nc2ccccc2n1CCCCOc1ccc(C)c(C)c1. The number of aryl methyl sites for hydroxylation is 3. The number of hydrogen-bond acceptors (Lipinski definition) is 3. The third-order valence-corrected chi connectivity index (χ3v) is 6.31. The van der Waals surface area contributed by atoms with E-state index in [0.717, 1.165) is 54.8 Å². The Hall–Kier alpha value is -2.82. The van der Waals surface area contributed by atoms with Gasteiger partial charge in [-0.25, -0.2) is 4.98 Å². The highest BCUT2D eigenvalue weighted by atomic mass is 16.5. The van der Waals surface area contributed by atoms with Gasteiger partial charge in [-0.05, 0) is 81.8 Å². The van der Waals surface area contributed by atoms with Crippen molar-refractivity contribution in [1.29, 1.82) is 0 Å². The van der Waals surface area contributed by atoms with E-state index >= 15 is 0 Å². The standard InChI is InChI=1S/C27H37N3O2/c1-6-22(7-2)27(31)28-21(5)26-29-24-12-8-9-13-25(24)30(26)16-10-11-17-32-23-15-14-19(3)20(4)18-23/h8-9,12-15,18,21-22H,6-7,10-11,16-17H2,1-5H3,(H,28,31). The zero-order valence-electron chi connectivity index (χ0n) is 20.1. The molecule has 0 aliphatic carbocycles. The second-order valence-electron chi connectivity index (χ2n) is 8.66. The van der Waals surface area contributed by atoms with Crippen molar-refractivity contribution in [1.82, 2.24) is 14.9 Å². The van der Waals surface area contributed by atoms with Crippen LogP contribution in [0.1, 0.15) is 69.4 Å². The summed E-state index contributed by atoms with van der Waals surface area (Å²) in [4.78, 5) is 17.5. The van der Waals surface area contributed by atoms with Gasteiger partial charge < -0.3 is 14.6 Å². The lowest BCUT2D eigenvalue weighted by Gasteiger charge is -2.19. The van der Waals surface area contributed by atoms with Crippen molar-refractivity contribution < 1.29 is 9.53 Å². The van der Waals surface area contributed by atoms with E-state index in [1.54, 1.807) is 0 Å². The summed E-state index contributed by atoms with van der Waals surface area (Å²) in [6.07, 6.45) is 3.64. The number of hydrogen-bond donors (Lipinski definition) is 1. The van der Waals surface area contributed by atoms with Crippen LogP contribution >= 0.6 is 0 Å². The Morgan fingerprint density at radius 1 is 1.06 bits per heavy atom. The van der Waals surface area contributed by atoms with Crippen molar-refractivity contribution in [3.05, 3.63) is 59.4 Å². The Kier molecular flexibility index (Phi) is 8.32. The average molecular weight is 436 g/mol. The Morgan fingerprint density at radius 3 is 2.53 bits per heavy atom. The molecule has 5 heteroatoms. The van der Waals surface area contributed by atoms with E-state index in [1.165, 1.54) is 11.1 Å². The summed E-state index contributed by atoms with van der Waals surface area (Å²) in [5, 5.41) is 3.19. The number of fused-ring (bicyclic) bond motifs is 1. The average Bonchev–Trinajstić information content (AvgIpc) is 3.15. The number of imidazole rings is 1. The molecule has 1 aromatic heterocycles. The number of rotatable bonds is 11. The summed E-state index contributed by atoms with van der Waals surface area (Å²) in [7, 11) is 0. The predicted molar refractivity (Wildman–Crippen MR) is 131 cm³/mol.